The Kier molecular flexibility index (Phi) is 9.15. The van der Waals surface area contributed by atoms with E-state index < -0.39 is 24.3 Å². The molecule has 3 aromatic carbocycles. The fraction of sp³-hybridized carbons (Fsp3) is 0.303. The van der Waals surface area contributed by atoms with Crippen molar-refractivity contribution in [3.8, 4) is 5.75 Å². The highest BCUT2D eigenvalue weighted by atomic mass is 32.1. The van der Waals surface area contributed by atoms with E-state index in [2.05, 4.69) is 10.3 Å². The number of urea groups is 1. The monoisotopic (exact) mass is 674 g/mol. The van der Waals surface area contributed by atoms with Gasteiger partial charge < -0.3 is 30.5 Å². The molecule has 0 saturated carbocycles. The molecule has 1 aromatic heterocycles. The Bertz CT molecular complexity index is 1850. The lowest BCUT2D eigenvalue weighted by atomic mass is 9.99. The fourth-order valence-corrected chi connectivity index (χ4v) is 6.71. The normalized spacial score (nSPS) is 17.8. The van der Waals surface area contributed by atoms with Gasteiger partial charge in [-0.15, -0.1) is 0 Å². The Morgan fingerprint density at radius 1 is 1.04 bits per heavy atom. The summed E-state index contributed by atoms with van der Waals surface area (Å²) >= 11 is 1.36. The molecule has 2 aliphatic heterocycles. The van der Waals surface area contributed by atoms with Crippen molar-refractivity contribution in [2.24, 2.45) is 0 Å². The number of thiazole rings is 1. The van der Waals surface area contributed by atoms with E-state index in [-0.39, 0.29) is 50.2 Å². The average molecular weight is 675 g/mol. The van der Waals surface area contributed by atoms with Crippen molar-refractivity contribution in [3.05, 3.63) is 89.2 Å². The van der Waals surface area contributed by atoms with E-state index in [9.17, 15) is 23.6 Å². The second kappa shape index (κ2) is 13.4. The van der Waals surface area contributed by atoms with Crippen LogP contribution in [-0.2, 0) is 29.1 Å². The first-order valence-electron chi connectivity index (χ1n) is 15.2. The molecule has 3 heterocycles. The number of nitrogens with two attached hydrogens (primary N) is 1. The summed E-state index contributed by atoms with van der Waals surface area (Å²) < 4.78 is 19.6. The molecule has 2 fully saturated rings. The SMILES string of the molecule is CN(C)C(=O)Oc1ccc(C[C@H]2C(=O)N(Cc3cccc4sc(N)nc34)C[C@H]3N2C(=O)CN3N(C)C(=O)NCc2ccc(F)cc2)cc1. The molecule has 48 heavy (non-hydrogen) atoms. The van der Waals surface area contributed by atoms with Crippen molar-refractivity contribution in [3.63, 3.8) is 0 Å². The number of hydrogen-bond donors (Lipinski definition) is 2. The Balaban J connectivity index is 1.26. The van der Waals surface area contributed by atoms with E-state index >= 15 is 0 Å². The second-order valence-corrected chi connectivity index (χ2v) is 12.9. The molecule has 2 saturated heterocycles. The fourth-order valence-electron chi connectivity index (χ4n) is 5.93. The molecule has 0 radical (unpaired) electrons. The minimum atomic E-state index is -0.869. The third-order valence-electron chi connectivity index (χ3n) is 8.41. The van der Waals surface area contributed by atoms with Gasteiger partial charge in [0.1, 0.15) is 23.8 Å². The lowest BCUT2D eigenvalue weighted by Crippen LogP contribution is -2.65. The molecule has 0 spiro atoms. The number of hydrogen-bond acceptors (Lipinski definition) is 9. The molecule has 5 amide bonds. The van der Waals surface area contributed by atoms with Crippen LogP contribution in [0.2, 0.25) is 0 Å². The number of anilines is 1. The number of nitrogens with one attached hydrogen (secondary N) is 1. The maximum Gasteiger partial charge on any atom is 0.414 e. The number of amides is 5. The average Bonchev–Trinajstić information content (AvgIpc) is 3.61. The van der Waals surface area contributed by atoms with Crippen LogP contribution in [-0.4, -0.2) is 100 Å². The van der Waals surface area contributed by atoms with Gasteiger partial charge >= 0.3 is 12.1 Å². The van der Waals surface area contributed by atoms with Crippen molar-refractivity contribution >= 4 is 50.6 Å². The predicted molar refractivity (Wildman–Crippen MR) is 177 cm³/mol. The molecule has 3 N–H and O–H groups in total. The zero-order valence-corrected chi connectivity index (χ0v) is 27.4. The minimum Gasteiger partial charge on any atom is -0.410 e. The van der Waals surface area contributed by atoms with Crippen molar-refractivity contribution in [1.29, 1.82) is 0 Å². The first-order valence-corrected chi connectivity index (χ1v) is 16.0. The Morgan fingerprint density at radius 3 is 2.46 bits per heavy atom. The molecular weight excluding hydrogens is 639 g/mol. The number of rotatable bonds is 8. The lowest BCUT2D eigenvalue weighted by Gasteiger charge is -2.45. The number of halogens is 1. The number of nitrogen functional groups attached to an aromatic ring is 1. The summed E-state index contributed by atoms with van der Waals surface area (Å²) in [6, 6.07) is 17.0. The van der Waals surface area contributed by atoms with Crippen LogP contribution in [0.3, 0.4) is 0 Å². The van der Waals surface area contributed by atoms with Gasteiger partial charge in [-0.05, 0) is 47.0 Å². The van der Waals surface area contributed by atoms with Crippen LogP contribution in [0.1, 0.15) is 16.7 Å². The van der Waals surface area contributed by atoms with E-state index in [1.54, 1.807) is 72.3 Å². The first-order chi connectivity index (χ1) is 23.0. The number of hydrazine groups is 1. The van der Waals surface area contributed by atoms with Gasteiger partial charge in [0.05, 0.1) is 23.3 Å². The van der Waals surface area contributed by atoms with E-state index in [1.807, 2.05) is 18.2 Å². The third kappa shape index (κ3) is 6.73. The van der Waals surface area contributed by atoms with Crippen LogP contribution < -0.4 is 15.8 Å². The van der Waals surface area contributed by atoms with Gasteiger partial charge in [-0.2, -0.15) is 5.01 Å². The highest BCUT2D eigenvalue weighted by Crippen LogP contribution is 2.32. The topological polar surface area (TPSA) is 145 Å². The summed E-state index contributed by atoms with van der Waals surface area (Å²) in [4.78, 5) is 62.2. The maximum atomic E-state index is 14.2. The summed E-state index contributed by atoms with van der Waals surface area (Å²) in [5.74, 6) is -0.559. The van der Waals surface area contributed by atoms with Crippen LogP contribution in [0.25, 0.3) is 10.2 Å². The van der Waals surface area contributed by atoms with Crippen molar-refractivity contribution in [1.82, 2.24) is 35.0 Å². The van der Waals surface area contributed by atoms with Crippen molar-refractivity contribution < 1.29 is 28.3 Å². The smallest absolute Gasteiger partial charge is 0.410 e. The van der Waals surface area contributed by atoms with Crippen LogP contribution >= 0.6 is 11.3 Å². The highest BCUT2D eigenvalue weighted by Gasteiger charge is 2.51. The number of piperazine rings is 1. The second-order valence-electron chi connectivity index (χ2n) is 11.8. The maximum absolute atomic E-state index is 14.2. The van der Waals surface area contributed by atoms with Crippen LogP contribution in [0.5, 0.6) is 5.75 Å². The van der Waals surface area contributed by atoms with Gasteiger partial charge in [-0.25, -0.2) is 19.0 Å². The van der Waals surface area contributed by atoms with E-state index in [0.29, 0.717) is 22.0 Å². The van der Waals surface area contributed by atoms with Crippen molar-refractivity contribution in [2.75, 3.05) is 40.0 Å². The van der Waals surface area contributed by atoms with Gasteiger partial charge in [0, 0.05) is 40.7 Å². The number of benzene rings is 3. The van der Waals surface area contributed by atoms with Gasteiger partial charge in [0.2, 0.25) is 11.8 Å². The summed E-state index contributed by atoms with van der Waals surface area (Å²) in [5, 5.41) is 6.25. The Morgan fingerprint density at radius 2 is 1.75 bits per heavy atom. The van der Waals surface area contributed by atoms with E-state index in [0.717, 1.165) is 15.8 Å². The molecule has 2 aliphatic rings. The van der Waals surface area contributed by atoms with E-state index in [1.165, 1.54) is 33.4 Å². The predicted octanol–water partition coefficient (Wildman–Crippen LogP) is 3.26. The quantitative estimate of drug-likeness (QED) is 0.290. The van der Waals surface area contributed by atoms with Crippen molar-refractivity contribution in [2.45, 2.75) is 31.7 Å². The zero-order valence-electron chi connectivity index (χ0n) is 26.6. The molecule has 2 atom stereocenters. The minimum absolute atomic E-state index is 0.111. The molecule has 4 aromatic rings. The standard InChI is InChI=1S/C33H35FN8O5S/c1-38(2)33(46)47-24-13-9-20(10-14-24)15-25-30(44)40(17-22-5-4-6-26-29(22)37-31(35)48-26)18-27-41(19-28(43)42(25)27)39(3)32(45)36-16-21-7-11-23(34)12-8-21/h4-14,25,27H,15-19H2,1-3H3,(H2,35,37)(H,36,45)/t25-,27+/m0/s1. The lowest BCUT2D eigenvalue weighted by molar-refractivity contribution is -0.157. The summed E-state index contributed by atoms with van der Waals surface area (Å²) in [6.45, 7) is 0.419. The van der Waals surface area contributed by atoms with Crippen LogP contribution in [0.15, 0.2) is 66.7 Å². The van der Waals surface area contributed by atoms with Crippen LogP contribution in [0, 0.1) is 5.82 Å². The van der Waals surface area contributed by atoms with Gasteiger partial charge in [0.25, 0.3) is 0 Å². The number of carbonyl (C=O) groups excluding carboxylic acids is 4. The molecule has 0 bridgehead atoms. The van der Waals surface area contributed by atoms with Gasteiger partial charge in [-0.3, -0.25) is 14.6 Å². The molecule has 13 nitrogen and oxygen atoms in total. The first kappa shape index (κ1) is 32.7. The van der Waals surface area contributed by atoms with Gasteiger partial charge in [-0.1, -0.05) is 47.7 Å². The number of carbonyl (C=O) groups is 4. The Labute approximate surface area is 280 Å². The molecule has 0 aliphatic carbocycles. The largest absolute Gasteiger partial charge is 0.414 e. The van der Waals surface area contributed by atoms with E-state index in [4.69, 9.17) is 10.5 Å². The molecule has 0 unspecified atom stereocenters. The highest BCUT2D eigenvalue weighted by molar-refractivity contribution is 7.22. The van der Waals surface area contributed by atoms with Gasteiger partial charge in [0.15, 0.2) is 5.13 Å². The zero-order chi connectivity index (χ0) is 34.1. The summed E-state index contributed by atoms with van der Waals surface area (Å²) in [6.07, 6.45) is -0.960. The number of nitrogens with zero attached hydrogens (tertiary/aromatic N) is 6. The number of para-hydroxylation sites is 1. The molecule has 250 valence electrons. The van der Waals surface area contributed by atoms with Crippen LogP contribution in [0.4, 0.5) is 19.1 Å². The molecule has 15 heteroatoms. The molecule has 6 rings (SSSR count). The Hall–Kier alpha value is -5.28. The summed E-state index contributed by atoms with van der Waals surface area (Å²) in [7, 11) is 4.74. The molecular formula is C33H35FN8O5S. The number of fused-ring (bicyclic) bond motifs is 2. The number of ether oxygens (including phenoxy) is 1. The number of aromatic nitrogens is 1. The summed E-state index contributed by atoms with van der Waals surface area (Å²) in [5.41, 5.74) is 9.00. The third-order valence-corrected chi connectivity index (χ3v) is 9.26.